The zero-order chi connectivity index (χ0) is 15.1. The number of carbonyl (C=O) groups excluding carboxylic acids is 2. The molecular weight excluding hydrogens is 284 g/mol. The molecule has 1 N–H and O–H groups in total. The molecular formula is C14H13ClO5. The number of hydrogen-bond acceptors (Lipinski definition) is 4. The predicted octanol–water partition coefficient (Wildman–Crippen LogP) is 2.33. The number of Topliss-reactive ketones (excluding diaryl/α,β-unsaturated/α-hetero) is 1. The van der Waals surface area contributed by atoms with Crippen molar-refractivity contribution in [3.63, 3.8) is 0 Å². The van der Waals surface area contributed by atoms with Gasteiger partial charge in [0.2, 0.25) is 0 Å². The quantitative estimate of drug-likeness (QED) is 0.286. The van der Waals surface area contributed by atoms with Crippen LogP contribution in [0, 0.1) is 0 Å². The van der Waals surface area contributed by atoms with E-state index in [0.717, 1.165) is 6.08 Å². The number of carboxylic acids is 1. The smallest absolute Gasteiger partial charge is 0.379 e. The van der Waals surface area contributed by atoms with Crippen LogP contribution in [-0.2, 0) is 19.1 Å². The van der Waals surface area contributed by atoms with Crippen molar-refractivity contribution in [3.05, 3.63) is 40.4 Å². The SMILES string of the molecule is CCCOC(=O)C(=O)C(=Cc1ccccc1Cl)C(=O)O. The Morgan fingerprint density at radius 3 is 2.50 bits per heavy atom. The molecule has 0 aliphatic carbocycles. The van der Waals surface area contributed by atoms with Crippen molar-refractivity contribution in [2.45, 2.75) is 13.3 Å². The van der Waals surface area contributed by atoms with E-state index < -0.39 is 23.3 Å². The van der Waals surface area contributed by atoms with Crippen LogP contribution in [0.15, 0.2) is 29.8 Å². The zero-order valence-electron chi connectivity index (χ0n) is 10.8. The molecule has 0 saturated heterocycles. The summed E-state index contributed by atoms with van der Waals surface area (Å²) >= 11 is 5.88. The minimum Gasteiger partial charge on any atom is -0.478 e. The number of rotatable bonds is 6. The highest BCUT2D eigenvalue weighted by Crippen LogP contribution is 2.18. The summed E-state index contributed by atoms with van der Waals surface area (Å²) < 4.78 is 4.63. The van der Waals surface area contributed by atoms with Crippen molar-refractivity contribution >= 4 is 35.4 Å². The lowest BCUT2D eigenvalue weighted by Crippen LogP contribution is -2.23. The first-order chi connectivity index (χ1) is 9.47. The van der Waals surface area contributed by atoms with Gasteiger partial charge in [-0.25, -0.2) is 9.59 Å². The van der Waals surface area contributed by atoms with Crippen LogP contribution in [0.1, 0.15) is 18.9 Å². The third-order valence-electron chi connectivity index (χ3n) is 2.30. The van der Waals surface area contributed by atoms with E-state index in [1.165, 1.54) is 6.07 Å². The van der Waals surface area contributed by atoms with E-state index >= 15 is 0 Å². The lowest BCUT2D eigenvalue weighted by Gasteiger charge is -2.04. The van der Waals surface area contributed by atoms with Gasteiger partial charge in [-0.05, 0) is 24.1 Å². The molecule has 0 radical (unpaired) electrons. The third-order valence-corrected chi connectivity index (χ3v) is 2.65. The fourth-order valence-electron chi connectivity index (χ4n) is 1.34. The Bertz CT molecular complexity index is 562. The fourth-order valence-corrected chi connectivity index (χ4v) is 1.53. The Labute approximate surface area is 120 Å². The average Bonchev–Trinajstić information content (AvgIpc) is 2.42. The molecule has 0 amide bonds. The Kier molecular flexibility index (Phi) is 5.93. The molecule has 0 aromatic heterocycles. The van der Waals surface area contributed by atoms with Crippen LogP contribution in [0.2, 0.25) is 5.02 Å². The number of aliphatic carboxylic acids is 1. The minimum atomic E-state index is -1.51. The number of benzene rings is 1. The number of halogens is 1. The molecule has 0 saturated carbocycles. The van der Waals surface area contributed by atoms with Crippen LogP contribution in [0.25, 0.3) is 6.08 Å². The van der Waals surface area contributed by atoms with Gasteiger partial charge in [0.25, 0.3) is 5.78 Å². The van der Waals surface area contributed by atoms with Gasteiger partial charge in [-0.15, -0.1) is 0 Å². The number of hydrogen-bond donors (Lipinski definition) is 1. The van der Waals surface area contributed by atoms with Gasteiger partial charge in [0.05, 0.1) is 6.61 Å². The van der Waals surface area contributed by atoms with Crippen molar-refractivity contribution in [1.29, 1.82) is 0 Å². The second-order valence-electron chi connectivity index (χ2n) is 3.85. The van der Waals surface area contributed by atoms with E-state index in [4.69, 9.17) is 16.7 Å². The van der Waals surface area contributed by atoms with Crippen LogP contribution in [-0.4, -0.2) is 29.4 Å². The predicted molar refractivity (Wildman–Crippen MR) is 73.3 cm³/mol. The summed E-state index contributed by atoms with van der Waals surface area (Å²) in [6.07, 6.45) is 1.59. The Hall–Kier alpha value is -2.14. The molecule has 0 aliphatic heterocycles. The highest BCUT2D eigenvalue weighted by atomic mass is 35.5. The maximum absolute atomic E-state index is 11.7. The summed E-state index contributed by atoms with van der Waals surface area (Å²) in [5.41, 5.74) is -0.345. The number of esters is 1. The van der Waals surface area contributed by atoms with Crippen molar-refractivity contribution in [2.75, 3.05) is 6.61 Å². The summed E-state index contributed by atoms with van der Waals surface area (Å²) in [6.45, 7) is 1.82. The van der Waals surface area contributed by atoms with E-state index in [1.54, 1.807) is 25.1 Å². The molecule has 1 aromatic rings. The van der Waals surface area contributed by atoms with E-state index in [1.807, 2.05) is 0 Å². The van der Waals surface area contributed by atoms with Crippen LogP contribution in [0.5, 0.6) is 0 Å². The minimum absolute atomic E-state index is 0.0591. The van der Waals surface area contributed by atoms with Crippen LogP contribution in [0.4, 0.5) is 0 Å². The topological polar surface area (TPSA) is 80.7 Å². The summed E-state index contributed by atoms with van der Waals surface area (Å²) in [5.74, 6) is -3.90. The second kappa shape index (κ2) is 7.45. The Morgan fingerprint density at radius 2 is 1.95 bits per heavy atom. The average molecular weight is 297 g/mol. The summed E-state index contributed by atoms with van der Waals surface area (Å²) in [6, 6.07) is 6.39. The van der Waals surface area contributed by atoms with Crippen molar-refractivity contribution in [2.24, 2.45) is 0 Å². The lowest BCUT2D eigenvalue weighted by molar-refractivity contribution is -0.153. The molecule has 1 aromatic carbocycles. The van der Waals surface area contributed by atoms with Crippen LogP contribution in [0.3, 0.4) is 0 Å². The largest absolute Gasteiger partial charge is 0.478 e. The van der Waals surface area contributed by atoms with Gasteiger partial charge in [0.1, 0.15) is 5.57 Å². The second-order valence-corrected chi connectivity index (χ2v) is 4.26. The van der Waals surface area contributed by atoms with E-state index in [2.05, 4.69) is 4.74 Å². The van der Waals surface area contributed by atoms with E-state index in [0.29, 0.717) is 12.0 Å². The van der Waals surface area contributed by atoms with Gasteiger partial charge < -0.3 is 9.84 Å². The molecule has 5 nitrogen and oxygen atoms in total. The summed E-state index contributed by atoms with van der Waals surface area (Å²) in [5, 5.41) is 9.31. The first-order valence-electron chi connectivity index (χ1n) is 5.88. The van der Waals surface area contributed by atoms with E-state index in [9.17, 15) is 14.4 Å². The van der Waals surface area contributed by atoms with Crippen LogP contribution < -0.4 is 0 Å². The highest BCUT2D eigenvalue weighted by Gasteiger charge is 2.26. The van der Waals surface area contributed by atoms with Crippen LogP contribution >= 0.6 is 11.6 Å². The lowest BCUT2D eigenvalue weighted by atomic mass is 10.1. The summed E-state index contributed by atoms with van der Waals surface area (Å²) in [4.78, 5) is 34.2. The van der Waals surface area contributed by atoms with Crippen molar-refractivity contribution in [3.8, 4) is 0 Å². The fraction of sp³-hybridized carbons (Fsp3) is 0.214. The molecule has 1 rings (SSSR count). The molecule has 106 valence electrons. The molecule has 0 unspecified atom stereocenters. The normalized spacial score (nSPS) is 11.0. The molecule has 0 atom stereocenters. The van der Waals surface area contributed by atoms with Gasteiger partial charge in [-0.1, -0.05) is 36.7 Å². The third kappa shape index (κ3) is 4.20. The summed E-state index contributed by atoms with van der Waals surface area (Å²) in [7, 11) is 0. The van der Waals surface area contributed by atoms with Gasteiger partial charge in [0, 0.05) is 5.02 Å². The number of ether oxygens (including phenoxy) is 1. The zero-order valence-corrected chi connectivity index (χ0v) is 11.5. The molecule has 0 spiro atoms. The van der Waals surface area contributed by atoms with Gasteiger partial charge in [0.15, 0.2) is 0 Å². The maximum atomic E-state index is 11.7. The number of carbonyl (C=O) groups is 3. The Morgan fingerprint density at radius 1 is 1.30 bits per heavy atom. The van der Waals surface area contributed by atoms with Gasteiger partial charge in [-0.2, -0.15) is 0 Å². The van der Waals surface area contributed by atoms with Crippen molar-refractivity contribution in [1.82, 2.24) is 0 Å². The molecule has 0 bridgehead atoms. The first-order valence-corrected chi connectivity index (χ1v) is 6.26. The standard InChI is InChI=1S/C14H13ClO5/c1-2-7-20-14(19)12(16)10(13(17)18)8-9-5-3-4-6-11(9)15/h3-6,8H,2,7H2,1H3,(H,17,18). The first kappa shape index (κ1) is 15.9. The molecule has 0 aliphatic rings. The maximum Gasteiger partial charge on any atom is 0.379 e. The van der Waals surface area contributed by atoms with Gasteiger partial charge >= 0.3 is 11.9 Å². The molecule has 6 heteroatoms. The highest BCUT2D eigenvalue weighted by molar-refractivity contribution is 6.47. The molecule has 20 heavy (non-hydrogen) atoms. The van der Waals surface area contributed by atoms with Crippen molar-refractivity contribution < 1.29 is 24.2 Å². The monoisotopic (exact) mass is 296 g/mol. The molecule has 0 fully saturated rings. The molecule has 0 heterocycles. The Balaban J connectivity index is 3.06. The number of carboxylic acid groups (broad SMARTS) is 1. The van der Waals surface area contributed by atoms with Gasteiger partial charge in [-0.3, -0.25) is 4.79 Å². The van der Waals surface area contributed by atoms with E-state index in [-0.39, 0.29) is 11.6 Å². The number of ketones is 1.